The number of carbonyl (C=O) groups is 7. The molecule has 3 radical (unpaired) electrons. The first kappa shape index (κ1) is 84.5. The second-order valence-electron chi connectivity index (χ2n) is 21.0. The molecule has 2 atom stereocenters. The van der Waals surface area contributed by atoms with Gasteiger partial charge in [-0.25, -0.2) is 4.57 Å². The summed E-state index contributed by atoms with van der Waals surface area (Å²) in [6.45, 7) is 0.605. The SMILES string of the molecule is CCCCCCCCCCCCCCCC(=O)OCC(COP(=O)(O)OCCNC(=O)CCCCC1(N(CC(=O)O)CC(=O)O)CN(CC(=O)O)CCN(CC(=O)O)C1)OC(=O)CCCCCCCCCCCCCCC.[Gd+3].[Gd+3].[Gd+3]. The van der Waals surface area contributed by atoms with Gasteiger partial charge >= 0.3 is 163 Å². The van der Waals surface area contributed by atoms with E-state index in [1.165, 1.54) is 124 Å². The molecule has 1 amide bonds. The molecule has 0 bridgehead atoms. The largest absolute Gasteiger partial charge is 3.00 e. The van der Waals surface area contributed by atoms with Crippen molar-refractivity contribution in [3.63, 3.8) is 0 Å². The van der Waals surface area contributed by atoms with Crippen LogP contribution < -0.4 is 5.32 Å². The maximum absolute atomic E-state index is 12.9. The van der Waals surface area contributed by atoms with E-state index in [0.29, 0.717) is 12.8 Å². The van der Waals surface area contributed by atoms with Crippen LogP contribution in [0.4, 0.5) is 0 Å². The Hall–Kier alpha value is 0.254. The topological polar surface area (TPSA) is 296 Å². The molecule has 1 aliphatic heterocycles. The van der Waals surface area contributed by atoms with E-state index in [-0.39, 0.29) is 198 Å². The molecular weight excluding hydrogens is 1490 g/mol. The van der Waals surface area contributed by atoms with Crippen LogP contribution in [0, 0.1) is 120 Å². The van der Waals surface area contributed by atoms with Gasteiger partial charge in [0.25, 0.3) is 0 Å². The van der Waals surface area contributed by atoms with Crippen LogP contribution in [0.25, 0.3) is 0 Å². The third-order valence-electron chi connectivity index (χ3n) is 13.9. The van der Waals surface area contributed by atoms with Gasteiger partial charge in [0.1, 0.15) is 6.61 Å². The summed E-state index contributed by atoms with van der Waals surface area (Å²) >= 11 is 0. The Bertz CT molecular complexity index is 1670. The van der Waals surface area contributed by atoms with Crippen molar-refractivity contribution in [1.29, 1.82) is 0 Å². The van der Waals surface area contributed by atoms with E-state index in [0.717, 1.165) is 44.9 Å². The third-order valence-corrected chi connectivity index (χ3v) is 14.9. The summed E-state index contributed by atoms with van der Waals surface area (Å²) in [6.07, 6.45) is 29.7. The van der Waals surface area contributed by atoms with Crippen molar-refractivity contribution in [1.82, 2.24) is 20.0 Å². The van der Waals surface area contributed by atoms with Gasteiger partial charge in [0.15, 0.2) is 6.10 Å². The van der Waals surface area contributed by atoms with Crippen LogP contribution in [0.5, 0.6) is 0 Å². The fourth-order valence-corrected chi connectivity index (χ4v) is 10.5. The first-order valence-electron chi connectivity index (χ1n) is 29.2. The first-order valence-corrected chi connectivity index (χ1v) is 30.7. The second kappa shape index (κ2) is 54.6. The summed E-state index contributed by atoms with van der Waals surface area (Å²) in [5.74, 6) is -6.51. The maximum atomic E-state index is 12.9. The molecule has 463 valence electrons. The molecule has 21 nitrogen and oxygen atoms in total. The number of hydrogen-bond acceptors (Lipinski definition) is 15. The van der Waals surface area contributed by atoms with Crippen LogP contribution in [0.2, 0.25) is 0 Å². The van der Waals surface area contributed by atoms with E-state index in [1.54, 1.807) is 0 Å². The number of aliphatic carboxylic acids is 4. The van der Waals surface area contributed by atoms with Crippen molar-refractivity contribution < 1.29 is 202 Å². The molecule has 1 rings (SSSR count). The van der Waals surface area contributed by atoms with Crippen LogP contribution in [0.1, 0.15) is 219 Å². The number of phosphoric acid groups is 1. The van der Waals surface area contributed by atoms with Crippen LogP contribution in [0.3, 0.4) is 0 Å². The molecule has 25 heteroatoms. The zero-order valence-electron chi connectivity index (χ0n) is 48.2. The summed E-state index contributed by atoms with van der Waals surface area (Å²) in [7, 11) is -4.76. The molecule has 2 unspecified atom stereocenters. The summed E-state index contributed by atoms with van der Waals surface area (Å²) < 4.78 is 34.2. The summed E-state index contributed by atoms with van der Waals surface area (Å²) in [6, 6.07) is 0. The van der Waals surface area contributed by atoms with Crippen LogP contribution in [-0.2, 0) is 56.6 Å². The Kier molecular flexibility index (Phi) is 57.7. The van der Waals surface area contributed by atoms with Gasteiger partial charge in [0.05, 0.1) is 39.4 Å². The zero-order valence-corrected chi connectivity index (χ0v) is 55.9. The Morgan fingerprint density at radius 1 is 0.525 bits per heavy atom. The van der Waals surface area contributed by atoms with Gasteiger partial charge in [-0.1, -0.05) is 174 Å². The monoisotopic (exact) mass is 1590 g/mol. The second-order valence-corrected chi connectivity index (χ2v) is 22.5. The summed E-state index contributed by atoms with van der Waals surface area (Å²) in [4.78, 5) is 101. The average Bonchev–Trinajstić information content (AvgIpc) is 3.53. The Labute approximate surface area is 574 Å². The molecule has 1 saturated heterocycles. The molecule has 1 heterocycles. The smallest absolute Gasteiger partial charge is 0.480 e. The number of hydrogen-bond donors (Lipinski definition) is 6. The zero-order chi connectivity index (χ0) is 57.0. The van der Waals surface area contributed by atoms with Crippen molar-refractivity contribution in [2.75, 3.05) is 78.7 Å². The summed E-state index contributed by atoms with van der Waals surface area (Å²) in [5, 5.41) is 41.2. The number of unbranched alkanes of at least 4 members (excludes halogenated alkanes) is 25. The van der Waals surface area contributed by atoms with E-state index in [1.807, 2.05) is 0 Å². The predicted octanol–water partition coefficient (Wildman–Crippen LogP) is 9.21. The minimum atomic E-state index is -4.76. The van der Waals surface area contributed by atoms with Crippen molar-refractivity contribution in [3.8, 4) is 0 Å². The quantitative estimate of drug-likeness (QED) is 0.0188. The van der Waals surface area contributed by atoms with Crippen molar-refractivity contribution in [2.24, 2.45) is 0 Å². The third kappa shape index (κ3) is 48.4. The van der Waals surface area contributed by atoms with E-state index >= 15 is 0 Å². The molecule has 1 fully saturated rings. The summed E-state index contributed by atoms with van der Waals surface area (Å²) in [5.41, 5.74) is -1.32. The molecule has 0 saturated carbocycles. The van der Waals surface area contributed by atoms with Gasteiger partial charge in [0.2, 0.25) is 5.91 Å². The van der Waals surface area contributed by atoms with Gasteiger partial charge in [-0.05, 0) is 25.7 Å². The molecule has 1 aliphatic rings. The molecule has 0 aromatic carbocycles. The minimum Gasteiger partial charge on any atom is -0.480 e. The average molecular weight is 1590 g/mol. The molecule has 0 aromatic heterocycles. The van der Waals surface area contributed by atoms with Gasteiger partial charge in [0, 0.05) is 57.5 Å². The first-order chi connectivity index (χ1) is 36.9. The number of ether oxygens (including phenoxy) is 2. The van der Waals surface area contributed by atoms with Crippen LogP contribution >= 0.6 is 7.82 Å². The number of rotatable bonds is 52. The van der Waals surface area contributed by atoms with E-state index < -0.39 is 101 Å². The fourth-order valence-electron chi connectivity index (χ4n) is 9.80. The normalized spacial score (nSPS) is 14.6. The van der Waals surface area contributed by atoms with Crippen molar-refractivity contribution in [3.05, 3.63) is 0 Å². The van der Waals surface area contributed by atoms with Crippen LogP contribution in [-0.4, -0.2) is 172 Å². The maximum Gasteiger partial charge on any atom is 3.00 e. The van der Waals surface area contributed by atoms with Crippen LogP contribution in [0.15, 0.2) is 0 Å². The van der Waals surface area contributed by atoms with Gasteiger partial charge in [-0.15, -0.1) is 0 Å². The molecular formula is C55H101Gd3N4O17P+9. The Morgan fingerprint density at radius 3 is 1.31 bits per heavy atom. The molecule has 80 heavy (non-hydrogen) atoms. The number of nitrogens with one attached hydrogen (secondary N) is 1. The molecule has 0 spiro atoms. The predicted molar refractivity (Wildman–Crippen MR) is 292 cm³/mol. The number of phosphoric ester groups is 1. The van der Waals surface area contributed by atoms with Crippen molar-refractivity contribution in [2.45, 2.75) is 231 Å². The number of nitrogens with zero attached hydrogens (tertiary/aromatic N) is 3. The number of carbonyl (C=O) groups excluding carboxylic acids is 3. The number of amides is 1. The van der Waals surface area contributed by atoms with Gasteiger partial charge < -0.3 is 40.1 Å². The number of carboxylic acids is 4. The Morgan fingerprint density at radius 2 is 0.912 bits per heavy atom. The molecule has 0 aromatic rings. The molecule has 0 aliphatic carbocycles. The number of carboxylic acid groups (broad SMARTS) is 4. The van der Waals surface area contributed by atoms with Crippen molar-refractivity contribution >= 4 is 49.5 Å². The molecule has 6 N–H and O–H groups in total. The van der Waals surface area contributed by atoms with E-state index in [4.69, 9.17) is 18.5 Å². The minimum absolute atomic E-state index is 0. The van der Waals surface area contributed by atoms with Gasteiger partial charge in [-0.3, -0.25) is 57.3 Å². The van der Waals surface area contributed by atoms with Gasteiger partial charge in [-0.2, -0.15) is 0 Å². The fraction of sp³-hybridized carbons (Fsp3) is 0.873. The van der Waals surface area contributed by atoms with E-state index in [2.05, 4.69) is 19.2 Å². The van der Waals surface area contributed by atoms with E-state index in [9.17, 15) is 63.4 Å². The standard InChI is InChI=1S/C55H101N4O17P.3Gd/c1-3-5-7-9-11-13-15-17-19-21-23-25-27-32-53(69)73-43-47(76-54(70)33-28-26-24-22-20-18-16-14-12-10-8-6-4-2)44-75-77(71,72)74-38-35-56-48(60)31-29-30-34-55(59(41-51(65)66)42-52(67)68)45-57(39-49(61)62)36-37-58(46-55)40-50(63)64;;;/h47H,3-46H2,1-2H3,(H,56,60)(H,61,62)(H,63,64)(H,65,66)(H,67,68)(H,71,72);;;/q;3*+3. The Balaban J connectivity index is -0.0000198. The number of esters is 2.